The lowest BCUT2D eigenvalue weighted by Gasteiger charge is -2.36. The van der Waals surface area contributed by atoms with Crippen molar-refractivity contribution in [2.45, 2.75) is 58.9 Å². The van der Waals surface area contributed by atoms with Crippen LogP contribution >= 0.6 is 9.24 Å². The molecular weight excluding hydrogens is 537 g/mol. The highest BCUT2D eigenvalue weighted by Crippen LogP contribution is 2.34. The minimum absolute atomic E-state index is 0.0648. The van der Waals surface area contributed by atoms with Crippen molar-refractivity contribution >= 4 is 43.0 Å². The van der Waals surface area contributed by atoms with Gasteiger partial charge in [-0.05, 0) is 28.7 Å². The third-order valence-corrected chi connectivity index (χ3v) is 7.69. The molecule has 210 valence electrons. The number of fused-ring (bicyclic) bond motifs is 1. The zero-order valence-electron chi connectivity index (χ0n) is 22.1. The van der Waals surface area contributed by atoms with E-state index in [9.17, 15) is 37.2 Å². The van der Waals surface area contributed by atoms with Gasteiger partial charge in [-0.15, -0.1) is 9.24 Å². The summed E-state index contributed by atoms with van der Waals surface area (Å²) >= 11 is 0. The van der Waals surface area contributed by atoms with Crippen molar-refractivity contribution in [1.29, 1.82) is 5.26 Å². The predicted octanol–water partition coefficient (Wildman–Crippen LogP) is 3.13. The van der Waals surface area contributed by atoms with Crippen LogP contribution in [0.15, 0.2) is 24.5 Å². The quantitative estimate of drug-likeness (QED) is 0.426. The van der Waals surface area contributed by atoms with Gasteiger partial charge in [0.2, 0.25) is 11.8 Å². The van der Waals surface area contributed by atoms with Crippen LogP contribution in [-0.4, -0.2) is 52.4 Å². The molecule has 1 saturated heterocycles. The molecule has 0 spiro atoms. The summed E-state index contributed by atoms with van der Waals surface area (Å²) in [6.07, 6.45) is -2.38. The van der Waals surface area contributed by atoms with E-state index in [0.717, 1.165) is 0 Å². The zero-order chi connectivity index (χ0) is 29.4. The molecular formula is C26H30F4N5O3P. The second-order valence-corrected chi connectivity index (χ2v) is 11.5. The van der Waals surface area contributed by atoms with Gasteiger partial charge in [0, 0.05) is 35.2 Å². The van der Waals surface area contributed by atoms with Gasteiger partial charge >= 0.3 is 12.1 Å². The van der Waals surface area contributed by atoms with Gasteiger partial charge < -0.3 is 15.5 Å². The predicted molar refractivity (Wildman–Crippen MR) is 139 cm³/mol. The van der Waals surface area contributed by atoms with Crippen molar-refractivity contribution in [3.05, 3.63) is 35.9 Å². The van der Waals surface area contributed by atoms with Gasteiger partial charge in [-0.1, -0.05) is 40.7 Å². The summed E-state index contributed by atoms with van der Waals surface area (Å²) in [5.41, 5.74) is -0.795. The monoisotopic (exact) mass is 567 g/mol. The van der Waals surface area contributed by atoms with Crippen LogP contribution in [-0.2, 0) is 14.4 Å². The fourth-order valence-electron chi connectivity index (χ4n) is 4.72. The summed E-state index contributed by atoms with van der Waals surface area (Å²) in [5, 5.41) is 15.5. The molecule has 2 aromatic rings. The van der Waals surface area contributed by atoms with Crippen LogP contribution in [0.1, 0.15) is 46.2 Å². The third kappa shape index (κ3) is 6.14. The Hall–Kier alpha value is -3.32. The Labute approximate surface area is 225 Å². The van der Waals surface area contributed by atoms with Crippen molar-refractivity contribution in [3.8, 4) is 6.07 Å². The number of rotatable bonds is 5. The van der Waals surface area contributed by atoms with Crippen molar-refractivity contribution < 1.29 is 31.9 Å². The molecule has 8 nitrogen and oxygen atoms in total. The molecule has 2 N–H and O–H groups in total. The number of likely N-dealkylation sites (tertiary alicyclic amines) is 1. The maximum atomic E-state index is 14.1. The summed E-state index contributed by atoms with van der Waals surface area (Å²) in [4.78, 5) is 44.1. The van der Waals surface area contributed by atoms with Crippen LogP contribution in [0, 0.1) is 34.4 Å². The van der Waals surface area contributed by atoms with Crippen LogP contribution < -0.4 is 15.9 Å². The van der Waals surface area contributed by atoms with Crippen LogP contribution in [0.25, 0.3) is 10.8 Å². The smallest absolute Gasteiger partial charge is 0.336 e. The summed E-state index contributed by atoms with van der Waals surface area (Å²) in [6.45, 7) is 8.11. The van der Waals surface area contributed by atoms with E-state index in [1.165, 1.54) is 50.2 Å². The number of hydrogen-bond acceptors (Lipinski definition) is 5. The summed E-state index contributed by atoms with van der Waals surface area (Å²) in [7, 11) is 2.27. The van der Waals surface area contributed by atoms with E-state index in [4.69, 9.17) is 0 Å². The van der Waals surface area contributed by atoms with Gasteiger partial charge in [-0.3, -0.25) is 19.4 Å². The number of alkyl halides is 3. The molecule has 13 heteroatoms. The molecule has 2 heterocycles. The molecule has 3 rings (SSSR count). The second kappa shape index (κ2) is 11.0. The number of benzene rings is 1. The van der Waals surface area contributed by atoms with E-state index < -0.39 is 59.2 Å². The highest BCUT2D eigenvalue weighted by Gasteiger charge is 2.49. The minimum Gasteiger partial charge on any atom is -0.336 e. The molecule has 1 fully saturated rings. The van der Waals surface area contributed by atoms with E-state index in [-0.39, 0.29) is 17.8 Å². The second-order valence-electron chi connectivity index (χ2n) is 10.9. The van der Waals surface area contributed by atoms with Crippen molar-refractivity contribution in [2.75, 3.05) is 6.54 Å². The van der Waals surface area contributed by atoms with Gasteiger partial charge in [-0.2, -0.15) is 18.4 Å². The molecule has 1 aromatic heterocycles. The van der Waals surface area contributed by atoms with Crippen molar-refractivity contribution in [3.63, 3.8) is 0 Å². The fourth-order valence-corrected chi connectivity index (χ4v) is 5.05. The fraction of sp³-hybridized carbons (Fsp3) is 0.500. The summed E-state index contributed by atoms with van der Waals surface area (Å²) in [5.74, 6) is -4.88. The Balaban J connectivity index is 1.94. The van der Waals surface area contributed by atoms with Crippen LogP contribution in [0.5, 0.6) is 0 Å². The van der Waals surface area contributed by atoms with E-state index in [1.807, 2.05) is 6.07 Å². The van der Waals surface area contributed by atoms with Gasteiger partial charge in [0.15, 0.2) is 0 Å². The van der Waals surface area contributed by atoms with E-state index in [2.05, 4.69) is 19.5 Å². The number of nitriles is 1. The first-order valence-corrected chi connectivity index (χ1v) is 12.8. The molecule has 39 heavy (non-hydrogen) atoms. The highest BCUT2D eigenvalue weighted by atomic mass is 31.0. The average molecular weight is 568 g/mol. The first-order valence-electron chi connectivity index (χ1n) is 12.2. The van der Waals surface area contributed by atoms with Gasteiger partial charge in [0.25, 0.3) is 0 Å². The molecule has 1 aromatic carbocycles. The Morgan fingerprint density at radius 1 is 1.13 bits per heavy atom. The molecule has 0 bridgehead atoms. The van der Waals surface area contributed by atoms with Crippen LogP contribution in [0.4, 0.5) is 17.6 Å². The van der Waals surface area contributed by atoms with Crippen molar-refractivity contribution in [2.24, 2.45) is 17.3 Å². The normalized spacial score (nSPS) is 21.3. The number of nitrogens with zero attached hydrogens (tertiary/aromatic N) is 3. The molecule has 5 unspecified atom stereocenters. The first kappa shape index (κ1) is 30.2. The zero-order valence-corrected chi connectivity index (χ0v) is 23.2. The molecule has 0 radical (unpaired) electrons. The number of halogens is 4. The molecule has 0 saturated carbocycles. The van der Waals surface area contributed by atoms with Crippen molar-refractivity contribution in [1.82, 2.24) is 20.5 Å². The number of aromatic nitrogens is 1. The number of pyridine rings is 1. The number of carbonyl (C=O) groups is 3. The van der Waals surface area contributed by atoms with E-state index >= 15 is 0 Å². The Morgan fingerprint density at radius 2 is 1.77 bits per heavy atom. The topological polar surface area (TPSA) is 115 Å². The largest absolute Gasteiger partial charge is 0.471 e. The molecule has 0 aliphatic carbocycles. The Bertz CT molecular complexity index is 1340. The number of amides is 3. The maximum absolute atomic E-state index is 14.1. The Kier molecular flexibility index (Phi) is 8.56. The minimum atomic E-state index is -5.20. The Morgan fingerprint density at radius 3 is 2.33 bits per heavy atom. The lowest BCUT2D eigenvalue weighted by molar-refractivity contribution is -0.176. The lowest BCUT2D eigenvalue weighted by atomic mass is 9.85. The van der Waals surface area contributed by atoms with Gasteiger partial charge in [0.05, 0.1) is 6.07 Å². The number of hydrogen-bond donors (Lipinski definition) is 2. The van der Waals surface area contributed by atoms with Crippen LogP contribution in [0.2, 0.25) is 0 Å². The maximum Gasteiger partial charge on any atom is 0.471 e. The van der Waals surface area contributed by atoms with E-state index in [1.54, 1.807) is 19.2 Å². The van der Waals surface area contributed by atoms with Gasteiger partial charge in [-0.25, -0.2) is 4.39 Å². The number of nitrogens with one attached hydrogen (secondary N) is 2. The molecule has 1 aliphatic rings. The molecule has 6 atom stereocenters. The van der Waals surface area contributed by atoms with Gasteiger partial charge in [0.1, 0.15) is 23.9 Å². The summed E-state index contributed by atoms with van der Waals surface area (Å²) < 4.78 is 53.1. The SMILES string of the molecule is CC1CN(C(=O)[C@@H](NC(=O)C(F)(F)F)C(C)(C)C)C(C(=O)NC(C#N)c2cncc3c(P)c(F)ccc23)C1C. The summed E-state index contributed by atoms with van der Waals surface area (Å²) in [6, 6.07) is 0.803. The molecule has 1 aliphatic heterocycles. The van der Waals surface area contributed by atoms with Crippen LogP contribution in [0.3, 0.4) is 0 Å². The highest BCUT2D eigenvalue weighted by molar-refractivity contribution is 7.28. The standard InChI is InChI=1S/C26H30F4N5O3P/c1-12-11-35(23(37)21(25(3,4)5)34-24(38)26(28,29)30)19(13(12)2)22(36)33-18(8-31)15-9-32-10-16-14(15)6-7-17(27)20(16)39/h6-7,9-10,12-13,18-19,21H,11,39H2,1-5H3,(H,33,36)(H,34,38)/t12?,13?,18?,19?,21-/m1/s1. The molecule has 3 amide bonds. The lowest BCUT2D eigenvalue weighted by Crippen LogP contribution is -2.60. The average Bonchev–Trinajstić information content (AvgIpc) is 3.15. The van der Waals surface area contributed by atoms with E-state index in [0.29, 0.717) is 16.3 Å². The third-order valence-electron chi connectivity index (χ3n) is 7.10. The first-order chi connectivity index (χ1) is 18.0. The number of carbonyl (C=O) groups excluding carboxylic acids is 3.